The Morgan fingerprint density at radius 1 is 1.50 bits per heavy atom. The highest BCUT2D eigenvalue weighted by Gasteiger charge is 2.37. The molecular weight excluding hydrogens is 230 g/mol. The summed E-state index contributed by atoms with van der Waals surface area (Å²) in [5, 5.41) is 9.12. The molecule has 2 atom stereocenters. The molecule has 0 radical (unpaired) electrons. The molecule has 0 fully saturated rings. The summed E-state index contributed by atoms with van der Waals surface area (Å²) in [5.41, 5.74) is 6.36. The highest BCUT2D eigenvalue weighted by Crippen LogP contribution is 2.37. The van der Waals surface area contributed by atoms with Crippen molar-refractivity contribution in [2.24, 2.45) is 5.73 Å². The number of benzene rings is 1. The Bertz CT molecular complexity index is 419. The maximum Gasteiger partial charge on any atom is 0.304 e. The van der Waals surface area contributed by atoms with Gasteiger partial charge in [-0.05, 0) is 12.5 Å². The Morgan fingerprint density at radius 2 is 2.11 bits per heavy atom. The highest BCUT2D eigenvalue weighted by molar-refractivity contribution is 5.69. The zero-order chi connectivity index (χ0) is 13.8. The van der Waals surface area contributed by atoms with E-state index in [4.69, 9.17) is 15.6 Å². The van der Waals surface area contributed by atoms with Crippen molar-refractivity contribution in [3.8, 4) is 5.75 Å². The predicted molar refractivity (Wildman–Crippen MR) is 70.9 cm³/mol. The molecule has 1 rings (SSSR count). The van der Waals surface area contributed by atoms with Crippen LogP contribution in [-0.2, 0) is 10.2 Å². The number of aliphatic carboxylic acids is 1. The summed E-state index contributed by atoms with van der Waals surface area (Å²) in [7, 11) is 1.58. The van der Waals surface area contributed by atoms with Crippen LogP contribution in [0.25, 0.3) is 0 Å². The van der Waals surface area contributed by atoms with Gasteiger partial charge in [0.05, 0.1) is 13.5 Å². The number of carboxylic acid groups (broad SMARTS) is 1. The first kappa shape index (κ1) is 14.5. The van der Waals surface area contributed by atoms with E-state index in [1.165, 1.54) is 0 Å². The van der Waals surface area contributed by atoms with Crippen LogP contribution in [0.4, 0.5) is 0 Å². The molecule has 100 valence electrons. The fourth-order valence-electron chi connectivity index (χ4n) is 2.31. The Labute approximate surface area is 108 Å². The fourth-order valence-corrected chi connectivity index (χ4v) is 2.31. The molecule has 0 spiro atoms. The molecule has 0 amide bonds. The molecule has 0 bridgehead atoms. The summed E-state index contributed by atoms with van der Waals surface area (Å²) in [6.45, 7) is 3.84. The Balaban J connectivity index is 3.29. The molecule has 1 aromatic rings. The van der Waals surface area contributed by atoms with Gasteiger partial charge in [0, 0.05) is 17.0 Å². The minimum absolute atomic E-state index is 0.0115. The van der Waals surface area contributed by atoms with Crippen molar-refractivity contribution in [3.05, 3.63) is 29.8 Å². The van der Waals surface area contributed by atoms with Crippen molar-refractivity contribution in [2.75, 3.05) is 7.11 Å². The number of rotatable bonds is 6. The van der Waals surface area contributed by atoms with E-state index >= 15 is 0 Å². The van der Waals surface area contributed by atoms with Gasteiger partial charge < -0.3 is 15.6 Å². The van der Waals surface area contributed by atoms with Crippen LogP contribution in [0.1, 0.15) is 32.3 Å². The summed E-state index contributed by atoms with van der Waals surface area (Å²) in [6.07, 6.45) is 0.699. The topological polar surface area (TPSA) is 72.6 Å². The lowest BCUT2D eigenvalue weighted by molar-refractivity contribution is -0.138. The van der Waals surface area contributed by atoms with Crippen LogP contribution in [0, 0.1) is 0 Å². The van der Waals surface area contributed by atoms with Crippen LogP contribution in [-0.4, -0.2) is 24.2 Å². The first-order chi connectivity index (χ1) is 8.45. The number of nitrogens with two attached hydrogens (primary N) is 1. The van der Waals surface area contributed by atoms with Crippen LogP contribution in [0.15, 0.2) is 24.3 Å². The van der Waals surface area contributed by atoms with Crippen molar-refractivity contribution in [1.82, 2.24) is 0 Å². The van der Waals surface area contributed by atoms with E-state index in [0.717, 1.165) is 5.56 Å². The third-order valence-electron chi connectivity index (χ3n) is 3.50. The minimum Gasteiger partial charge on any atom is -0.496 e. The molecule has 3 N–H and O–H groups in total. The first-order valence-electron chi connectivity index (χ1n) is 6.06. The third kappa shape index (κ3) is 2.82. The molecule has 4 nitrogen and oxygen atoms in total. The number of hydrogen-bond acceptors (Lipinski definition) is 3. The summed E-state index contributed by atoms with van der Waals surface area (Å²) in [5.74, 6) is -0.169. The summed E-state index contributed by atoms with van der Waals surface area (Å²) < 4.78 is 5.32. The number of ether oxygens (including phenoxy) is 1. The second-order valence-corrected chi connectivity index (χ2v) is 4.70. The molecule has 4 heteroatoms. The van der Waals surface area contributed by atoms with Gasteiger partial charge in [0.1, 0.15) is 5.75 Å². The monoisotopic (exact) mass is 251 g/mol. The molecule has 0 aromatic heterocycles. The molecule has 1 aromatic carbocycles. The van der Waals surface area contributed by atoms with Gasteiger partial charge >= 0.3 is 5.97 Å². The summed E-state index contributed by atoms with van der Waals surface area (Å²) in [6, 6.07) is 7.22. The SMILES string of the molecule is CCC(N)C(C)(CC(=O)O)c1ccccc1OC. The minimum atomic E-state index is -0.854. The van der Waals surface area contributed by atoms with Gasteiger partial charge in [0.25, 0.3) is 0 Å². The molecule has 0 aliphatic heterocycles. The zero-order valence-corrected chi connectivity index (χ0v) is 11.1. The number of carbonyl (C=O) groups is 1. The lowest BCUT2D eigenvalue weighted by Gasteiger charge is -2.35. The summed E-state index contributed by atoms with van der Waals surface area (Å²) in [4.78, 5) is 11.1. The van der Waals surface area contributed by atoms with Crippen LogP contribution >= 0.6 is 0 Å². The Morgan fingerprint density at radius 3 is 2.61 bits per heavy atom. The van der Waals surface area contributed by atoms with Crippen molar-refractivity contribution in [3.63, 3.8) is 0 Å². The van der Waals surface area contributed by atoms with Gasteiger partial charge in [-0.25, -0.2) is 0 Å². The zero-order valence-electron chi connectivity index (χ0n) is 11.1. The van der Waals surface area contributed by atoms with Crippen molar-refractivity contribution < 1.29 is 14.6 Å². The van der Waals surface area contributed by atoms with Crippen LogP contribution in [0.5, 0.6) is 5.75 Å². The van der Waals surface area contributed by atoms with E-state index in [2.05, 4.69) is 0 Å². The molecule has 18 heavy (non-hydrogen) atoms. The maximum atomic E-state index is 11.1. The second-order valence-electron chi connectivity index (χ2n) is 4.70. The largest absolute Gasteiger partial charge is 0.496 e. The Kier molecular flexibility index (Phi) is 4.73. The molecule has 0 saturated heterocycles. The smallest absolute Gasteiger partial charge is 0.304 e. The third-order valence-corrected chi connectivity index (χ3v) is 3.50. The number of hydrogen-bond donors (Lipinski definition) is 2. The van der Waals surface area contributed by atoms with Gasteiger partial charge in [-0.1, -0.05) is 32.0 Å². The van der Waals surface area contributed by atoms with E-state index in [1.807, 2.05) is 38.1 Å². The maximum absolute atomic E-state index is 11.1. The standard InChI is InChI=1S/C14H21NO3/c1-4-12(15)14(2,9-13(16)17)10-7-5-6-8-11(10)18-3/h5-8,12H,4,9,15H2,1-3H3,(H,16,17). The fraction of sp³-hybridized carbons (Fsp3) is 0.500. The summed E-state index contributed by atoms with van der Waals surface area (Å²) >= 11 is 0. The van der Waals surface area contributed by atoms with E-state index in [9.17, 15) is 4.79 Å². The number of para-hydroxylation sites is 1. The molecule has 0 heterocycles. The highest BCUT2D eigenvalue weighted by atomic mass is 16.5. The number of methoxy groups -OCH3 is 1. The average molecular weight is 251 g/mol. The molecular formula is C14H21NO3. The van der Waals surface area contributed by atoms with Gasteiger partial charge in [-0.15, -0.1) is 0 Å². The molecule has 2 unspecified atom stereocenters. The lowest BCUT2D eigenvalue weighted by Crippen LogP contribution is -2.44. The van der Waals surface area contributed by atoms with Crippen LogP contribution in [0.3, 0.4) is 0 Å². The van der Waals surface area contributed by atoms with E-state index in [1.54, 1.807) is 7.11 Å². The Hall–Kier alpha value is -1.55. The predicted octanol–water partition coefficient (Wildman–Crippen LogP) is 2.16. The van der Waals surface area contributed by atoms with Crippen LogP contribution < -0.4 is 10.5 Å². The van der Waals surface area contributed by atoms with E-state index in [0.29, 0.717) is 12.2 Å². The molecule has 0 aliphatic rings. The lowest BCUT2D eigenvalue weighted by atomic mass is 9.72. The van der Waals surface area contributed by atoms with Gasteiger partial charge in [0.2, 0.25) is 0 Å². The van der Waals surface area contributed by atoms with E-state index in [-0.39, 0.29) is 12.5 Å². The normalized spacial score (nSPS) is 15.8. The van der Waals surface area contributed by atoms with Crippen molar-refractivity contribution in [1.29, 1.82) is 0 Å². The number of carboxylic acids is 1. The first-order valence-corrected chi connectivity index (χ1v) is 6.06. The van der Waals surface area contributed by atoms with Gasteiger partial charge in [-0.3, -0.25) is 4.79 Å². The molecule has 0 saturated carbocycles. The van der Waals surface area contributed by atoms with Gasteiger partial charge in [-0.2, -0.15) is 0 Å². The average Bonchev–Trinajstić information content (AvgIpc) is 2.36. The van der Waals surface area contributed by atoms with Gasteiger partial charge in [0.15, 0.2) is 0 Å². The van der Waals surface area contributed by atoms with Crippen LogP contribution in [0.2, 0.25) is 0 Å². The second kappa shape index (κ2) is 5.87. The molecule has 0 aliphatic carbocycles. The van der Waals surface area contributed by atoms with E-state index < -0.39 is 11.4 Å². The van der Waals surface area contributed by atoms with Crippen molar-refractivity contribution in [2.45, 2.75) is 38.1 Å². The van der Waals surface area contributed by atoms with Crippen molar-refractivity contribution >= 4 is 5.97 Å². The quantitative estimate of drug-likeness (QED) is 0.812.